The number of hydrogen-bond donors (Lipinski definition) is 2. The lowest BCUT2D eigenvalue weighted by atomic mass is 10.1. The summed E-state index contributed by atoms with van der Waals surface area (Å²) in [7, 11) is 0. The van der Waals surface area contributed by atoms with Gasteiger partial charge in [-0.15, -0.1) is 10.2 Å². The van der Waals surface area contributed by atoms with Gasteiger partial charge < -0.3 is 20.4 Å². The minimum atomic E-state index is -5.00. The normalized spacial score (nSPS) is 14.5. The molecule has 2 aromatic heterocycles. The Labute approximate surface area is 200 Å². The molecule has 0 atom stereocenters. The molecule has 1 aliphatic heterocycles. The van der Waals surface area contributed by atoms with Crippen molar-refractivity contribution in [1.82, 2.24) is 20.1 Å². The van der Waals surface area contributed by atoms with Gasteiger partial charge in [-0.2, -0.15) is 26.3 Å². The molecule has 2 amide bonds. The highest BCUT2D eigenvalue weighted by molar-refractivity contribution is 5.89. The van der Waals surface area contributed by atoms with E-state index in [-0.39, 0.29) is 19.2 Å². The molecule has 36 heavy (non-hydrogen) atoms. The van der Waals surface area contributed by atoms with Crippen molar-refractivity contribution in [3.8, 4) is 0 Å². The van der Waals surface area contributed by atoms with Crippen LogP contribution in [-0.4, -0.2) is 52.3 Å². The Morgan fingerprint density at radius 1 is 0.833 bits per heavy atom. The van der Waals surface area contributed by atoms with Gasteiger partial charge in [-0.3, -0.25) is 4.98 Å². The van der Waals surface area contributed by atoms with Gasteiger partial charge >= 0.3 is 18.4 Å². The fourth-order valence-corrected chi connectivity index (χ4v) is 3.51. The first-order valence-corrected chi connectivity index (χ1v) is 10.6. The van der Waals surface area contributed by atoms with Crippen molar-refractivity contribution in [2.45, 2.75) is 12.4 Å². The molecule has 0 saturated carbocycles. The van der Waals surface area contributed by atoms with Crippen molar-refractivity contribution in [2.75, 3.05) is 41.7 Å². The number of carbonyl (C=O) groups is 1. The minimum Gasteiger partial charge on any atom is -0.352 e. The number of anilines is 4. The average Bonchev–Trinajstić information content (AvgIpc) is 2.84. The second kappa shape index (κ2) is 9.87. The molecule has 3 aromatic rings. The van der Waals surface area contributed by atoms with Crippen LogP contribution < -0.4 is 15.5 Å². The van der Waals surface area contributed by atoms with Crippen molar-refractivity contribution in [3.63, 3.8) is 0 Å². The highest BCUT2D eigenvalue weighted by Crippen LogP contribution is 2.37. The zero-order chi connectivity index (χ0) is 25.9. The number of piperazine rings is 1. The number of rotatable bonds is 4. The van der Waals surface area contributed by atoms with Crippen molar-refractivity contribution in [3.05, 3.63) is 66.0 Å². The Kier molecular flexibility index (Phi) is 6.86. The summed E-state index contributed by atoms with van der Waals surface area (Å²) >= 11 is 0. The van der Waals surface area contributed by atoms with E-state index >= 15 is 0 Å². The van der Waals surface area contributed by atoms with Crippen LogP contribution in [-0.2, 0) is 12.4 Å². The maximum Gasteiger partial charge on any atom is 0.416 e. The predicted octanol–water partition coefficient (Wildman–Crippen LogP) is 5.01. The molecular formula is C22H19F6N7O. The van der Waals surface area contributed by atoms with Crippen molar-refractivity contribution >= 4 is 29.0 Å². The van der Waals surface area contributed by atoms with Gasteiger partial charge in [0, 0.05) is 38.1 Å². The summed E-state index contributed by atoms with van der Waals surface area (Å²) in [6.45, 7) is 1.03. The standard InChI is InChI=1S/C22H19F6N7O/c23-21(24,25)14-10-15(22(26,27)28)12-17(11-14)31-20(36)35-8-6-34(7-9-35)19-4-3-18(32-33-19)30-16-2-1-5-29-13-16/h1-5,10-13H,6-9H2,(H,30,32)(H,31,36). The Morgan fingerprint density at radius 2 is 1.50 bits per heavy atom. The van der Waals surface area contributed by atoms with Crippen LogP contribution in [0.1, 0.15) is 11.1 Å². The second-order valence-electron chi connectivity index (χ2n) is 7.84. The van der Waals surface area contributed by atoms with E-state index in [0.717, 1.165) is 5.69 Å². The van der Waals surface area contributed by atoms with E-state index in [2.05, 4.69) is 25.8 Å². The maximum absolute atomic E-state index is 13.1. The molecule has 0 unspecified atom stereocenters. The monoisotopic (exact) mass is 511 g/mol. The van der Waals surface area contributed by atoms with Gasteiger partial charge in [-0.25, -0.2) is 4.79 Å². The smallest absolute Gasteiger partial charge is 0.352 e. The number of urea groups is 1. The molecule has 0 aliphatic carbocycles. The van der Waals surface area contributed by atoms with E-state index in [1.54, 1.807) is 30.6 Å². The van der Waals surface area contributed by atoms with E-state index in [9.17, 15) is 31.1 Å². The lowest BCUT2D eigenvalue weighted by Gasteiger charge is -2.35. The van der Waals surface area contributed by atoms with E-state index < -0.39 is 35.2 Å². The van der Waals surface area contributed by atoms with Gasteiger partial charge in [0.2, 0.25) is 0 Å². The van der Waals surface area contributed by atoms with Crippen LogP contribution in [0.25, 0.3) is 0 Å². The highest BCUT2D eigenvalue weighted by atomic mass is 19.4. The van der Waals surface area contributed by atoms with Crippen LogP contribution in [0.15, 0.2) is 54.9 Å². The van der Waals surface area contributed by atoms with Gasteiger partial charge in [-0.05, 0) is 42.5 Å². The zero-order valence-corrected chi connectivity index (χ0v) is 18.4. The summed E-state index contributed by atoms with van der Waals surface area (Å²) in [4.78, 5) is 19.7. The number of nitrogens with zero attached hydrogens (tertiary/aromatic N) is 5. The average molecular weight is 511 g/mol. The number of hydrogen-bond acceptors (Lipinski definition) is 6. The number of nitrogens with one attached hydrogen (secondary N) is 2. The zero-order valence-electron chi connectivity index (χ0n) is 18.4. The third-order valence-corrected chi connectivity index (χ3v) is 5.31. The lowest BCUT2D eigenvalue weighted by molar-refractivity contribution is -0.143. The topological polar surface area (TPSA) is 86.3 Å². The Hall–Kier alpha value is -4.10. The summed E-state index contributed by atoms with van der Waals surface area (Å²) in [6.07, 6.45) is -6.74. The number of aromatic nitrogens is 3. The molecule has 1 fully saturated rings. The molecule has 2 N–H and O–H groups in total. The van der Waals surface area contributed by atoms with E-state index in [4.69, 9.17) is 0 Å². The van der Waals surface area contributed by atoms with Crippen LogP contribution in [0.2, 0.25) is 0 Å². The minimum absolute atomic E-state index is 0.00694. The summed E-state index contributed by atoms with van der Waals surface area (Å²) in [5, 5.41) is 13.5. The van der Waals surface area contributed by atoms with Gasteiger partial charge in [-0.1, -0.05) is 0 Å². The lowest BCUT2D eigenvalue weighted by Crippen LogP contribution is -2.50. The maximum atomic E-state index is 13.1. The Morgan fingerprint density at radius 3 is 2.03 bits per heavy atom. The van der Waals surface area contributed by atoms with Crippen LogP contribution in [0.4, 0.5) is 54.1 Å². The molecule has 3 heterocycles. The fourth-order valence-electron chi connectivity index (χ4n) is 3.51. The molecular weight excluding hydrogens is 492 g/mol. The first-order chi connectivity index (χ1) is 17.0. The number of halogens is 6. The van der Waals surface area contributed by atoms with Crippen LogP contribution in [0.5, 0.6) is 0 Å². The Balaban J connectivity index is 1.37. The molecule has 14 heteroatoms. The summed E-state index contributed by atoms with van der Waals surface area (Å²) in [6, 6.07) is 7.19. The SMILES string of the molecule is O=C(Nc1cc(C(F)(F)F)cc(C(F)(F)F)c1)N1CCN(c2ccc(Nc3cccnc3)nn2)CC1. The molecule has 8 nitrogen and oxygen atoms in total. The number of pyridine rings is 1. The number of amides is 2. The number of benzene rings is 1. The van der Waals surface area contributed by atoms with Crippen LogP contribution in [0, 0.1) is 0 Å². The molecule has 0 bridgehead atoms. The first-order valence-electron chi connectivity index (χ1n) is 10.6. The molecule has 1 aliphatic rings. The summed E-state index contributed by atoms with van der Waals surface area (Å²) < 4.78 is 78.3. The predicted molar refractivity (Wildman–Crippen MR) is 119 cm³/mol. The van der Waals surface area contributed by atoms with E-state index in [1.165, 1.54) is 4.90 Å². The number of alkyl halides is 6. The third-order valence-electron chi connectivity index (χ3n) is 5.31. The highest BCUT2D eigenvalue weighted by Gasteiger charge is 2.37. The summed E-state index contributed by atoms with van der Waals surface area (Å²) in [5.41, 5.74) is -2.86. The van der Waals surface area contributed by atoms with Gasteiger partial charge in [0.25, 0.3) is 0 Å². The molecule has 190 valence electrons. The van der Waals surface area contributed by atoms with Crippen molar-refractivity contribution in [2.24, 2.45) is 0 Å². The van der Waals surface area contributed by atoms with E-state index in [0.29, 0.717) is 36.9 Å². The van der Waals surface area contributed by atoms with Gasteiger partial charge in [0.1, 0.15) is 0 Å². The third kappa shape index (κ3) is 6.12. The van der Waals surface area contributed by atoms with Gasteiger partial charge in [0.05, 0.1) is 23.0 Å². The fraction of sp³-hybridized carbons (Fsp3) is 0.273. The van der Waals surface area contributed by atoms with E-state index in [1.807, 2.05) is 11.0 Å². The first kappa shape index (κ1) is 25.0. The van der Waals surface area contributed by atoms with Gasteiger partial charge in [0.15, 0.2) is 11.6 Å². The number of carbonyl (C=O) groups excluding carboxylic acids is 1. The quantitative estimate of drug-likeness (QED) is 0.480. The molecule has 1 aromatic carbocycles. The molecule has 0 radical (unpaired) electrons. The molecule has 1 saturated heterocycles. The van der Waals surface area contributed by atoms with Crippen molar-refractivity contribution in [1.29, 1.82) is 0 Å². The second-order valence-corrected chi connectivity index (χ2v) is 7.84. The summed E-state index contributed by atoms with van der Waals surface area (Å²) in [5.74, 6) is 1.06. The van der Waals surface area contributed by atoms with Crippen LogP contribution >= 0.6 is 0 Å². The molecule has 0 spiro atoms. The van der Waals surface area contributed by atoms with Crippen molar-refractivity contribution < 1.29 is 31.1 Å². The Bertz CT molecular complexity index is 1160. The largest absolute Gasteiger partial charge is 0.416 e. The molecule has 4 rings (SSSR count). The van der Waals surface area contributed by atoms with Crippen LogP contribution in [0.3, 0.4) is 0 Å².